The van der Waals surface area contributed by atoms with Crippen LogP contribution in [-0.2, 0) is 9.59 Å². The van der Waals surface area contributed by atoms with Crippen LogP contribution in [-0.4, -0.2) is 29.6 Å². The number of hydrogen-bond donors (Lipinski definition) is 1. The topological polar surface area (TPSA) is 60.2 Å². The Kier molecular flexibility index (Phi) is 25.4. The Morgan fingerprint density at radius 2 is 1.79 bits per heavy atom. The molecule has 0 aromatic rings. The van der Waals surface area contributed by atoms with Gasteiger partial charge in [-0.25, -0.2) is 0 Å². The quantitative estimate of drug-likeness (QED) is 0.720. The second kappa shape index (κ2) is 18.4. The zero-order chi connectivity index (χ0) is 12.0. The molecule has 0 amide bonds. The van der Waals surface area contributed by atoms with Gasteiger partial charge in [0.25, 0.3) is 0 Å². The van der Waals surface area contributed by atoms with E-state index < -0.39 is 6.04 Å². The molecule has 3 nitrogen and oxygen atoms in total. The van der Waals surface area contributed by atoms with Gasteiger partial charge in [0, 0.05) is 5.75 Å². The van der Waals surface area contributed by atoms with E-state index in [0.29, 0.717) is 17.8 Å². The first kappa shape index (κ1) is 19.3. The van der Waals surface area contributed by atoms with E-state index in [1.807, 2.05) is 27.7 Å². The highest BCUT2D eigenvalue weighted by atomic mass is 32.2. The van der Waals surface area contributed by atoms with Crippen molar-refractivity contribution in [3.8, 4) is 0 Å². The summed E-state index contributed by atoms with van der Waals surface area (Å²) in [5, 5.41) is 0. The van der Waals surface area contributed by atoms with E-state index in [-0.39, 0.29) is 5.78 Å². The van der Waals surface area contributed by atoms with Gasteiger partial charge in [0.2, 0.25) is 0 Å². The van der Waals surface area contributed by atoms with Gasteiger partial charge in [0.15, 0.2) is 0 Å². The highest BCUT2D eigenvalue weighted by Gasteiger charge is 2.00. The average Bonchev–Trinajstić information content (AvgIpc) is 2.23. The van der Waals surface area contributed by atoms with Gasteiger partial charge in [-0.3, -0.25) is 4.79 Å². The Morgan fingerprint density at radius 1 is 1.36 bits per heavy atom. The largest absolute Gasteiger partial charge is 0.321 e. The molecule has 0 saturated heterocycles. The first-order valence-corrected chi connectivity index (χ1v) is 6.10. The number of thioether (sulfide) groups is 1. The standard InChI is InChI=1S/C6H11NO2S.2C2H6/c1-5(9)3-10-4-6(7)2-8;2*1-2/h2,6H,3-4,7H2,1H3;2*1-2H3. The van der Waals surface area contributed by atoms with Crippen molar-refractivity contribution in [3.63, 3.8) is 0 Å². The van der Waals surface area contributed by atoms with Gasteiger partial charge in [-0.1, -0.05) is 27.7 Å². The van der Waals surface area contributed by atoms with Crippen molar-refractivity contribution >= 4 is 23.8 Å². The van der Waals surface area contributed by atoms with Gasteiger partial charge < -0.3 is 10.5 Å². The molecule has 1 unspecified atom stereocenters. The van der Waals surface area contributed by atoms with E-state index in [1.54, 1.807) is 0 Å². The Labute approximate surface area is 91.8 Å². The molecule has 0 aliphatic carbocycles. The van der Waals surface area contributed by atoms with E-state index >= 15 is 0 Å². The molecule has 0 aromatic carbocycles. The predicted octanol–water partition coefficient (Wildman–Crippen LogP) is 1.89. The highest BCUT2D eigenvalue weighted by molar-refractivity contribution is 8.00. The molecule has 0 saturated carbocycles. The molecule has 2 N–H and O–H groups in total. The minimum Gasteiger partial charge on any atom is -0.321 e. The van der Waals surface area contributed by atoms with Gasteiger partial charge in [0.05, 0.1) is 11.8 Å². The molecular weight excluding hydrogens is 198 g/mol. The van der Waals surface area contributed by atoms with Crippen LogP contribution >= 0.6 is 11.8 Å². The summed E-state index contributed by atoms with van der Waals surface area (Å²) in [7, 11) is 0. The molecule has 0 radical (unpaired) electrons. The maximum absolute atomic E-state index is 10.4. The lowest BCUT2D eigenvalue weighted by Gasteiger charge is -1.99. The van der Waals surface area contributed by atoms with Crippen LogP contribution in [0, 0.1) is 0 Å². The summed E-state index contributed by atoms with van der Waals surface area (Å²) in [6, 6.07) is -0.427. The molecule has 0 aliphatic rings. The highest BCUT2D eigenvalue weighted by Crippen LogP contribution is 1.99. The molecule has 0 spiro atoms. The lowest BCUT2D eigenvalue weighted by atomic mass is 10.4. The van der Waals surface area contributed by atoms with Crippen molar-refractivity contribution in [2.24, 2.45) is 5.73 Å². The van der Waals surface area contributed by atoms with Crippen LogP contribution in [0.3, 0.4) is 0 Å². The Morgan fingerprint density at radius 3 is 2.07 bits per heavy atom. The monoisotopic (exact) mass is 221 g/mol. The number of aldehydes is 1. The SMILES string of the molecule is CC.CC.CC(=O)CSCC(N)C=O. The third-order valence-electron chi connectivity index (χ3n) is 0.790. The fourth-order valence-electron chi connectivity index (χ4n) is 0.378. The summed E-state index contributed by atoms with van der Waals surface area (Å²) in [5.41, 5.74) is 5.26. The summed E-state index contributed by atoms with van der Waals surface area (Å²) < 4.78 is 0. The van der Waals surface area contributed by atoms with Gasteiger partial charge in [0.1, 0.15) is 12.1 Å². The van der Waals surface area contributed by atoms with Gasteiger partial charge in [-0.05, 0) is 6.92 Å². The molecule has 0 aliphatic heterocycles. The zero-order valence-corrected chi connectivity index (χ0v) is 10.7. The first-order chi connectivity index (χ1) is 6.66. The van der Waals surface area contributed by atoms with Crippen LogP contribution in [0.15, 0.2) is 0 Å². The van der Waals surface area contributed by atoms with Crippen molar-refractivity contribution in [2.45, 2.75) is 40.7 Å². The zero-order valence-electron chi connectivity index (χ0n) is 9.87. The Bertz CT molecular complexity index is 129. The van der Waals surface area contributed by atoms with Crippen LogP contribution in [0.4, 0.5) is 0 Å². The van der Waals surface area contributed by atoms with Crippen LogP contribution < -0.4 is 5.73 Å². The number of Topliss-reactive ketones (excluding diaryl/α,β-unsaturated/α-hetero) is 1. The average molecular weight is 221 g/mol. The van der Waals surface area contributed by atoms with Crippen LogP contribution in [0.5, 0.6) is 0 Å². The van der Waals surface area contributed by atoms with E-state index in [2.05, 4.69) is 0 Å². The smallest absolute Gasteiger partial charge is 0.139 e. The second-order valence-electron chi connectivity index (χ2n) is 2.02. The van der Waals surface area contributed by atoms with Gasteiger partial charge >= 0.3 is 0 Å². The van der Waals surface area contributed by atoms with Crippen molar-refractivity contribution in [3.05, 3.63) is 0 Å². The number of hydrogen-bond acceptors (Lipinski definition) is 4. The molecule has 4 heteroatoms. The van der Waals surface area contributed by atoms with Crippen LogP contribution in [0.25, 0.3) is 0 Å². The van der Waals surface area contributed by atoms with E-state index in [0.717, 1.165) is 0 Å². The molecule has 1 atom stereocenters. The summed E-state index contributed by atoms with van der Waals surface area (Å²) >= 11 is 1.39. The molecule has 86 valence electrons. The van der Waals surface area contributed by atoms with Crippen molar-refractivity contribution in [1.29, 1.82) is 0 Å². The van der Waals surface area contributed by atoms with E-state index in [9.17, 15) is 9.59 Å². The predicted molar refractivity (Wildman–Crippen MR) is 64.7 cm³/mol. The third-order valence-corrected chi connectivity index (χ3v) is 2.02. The van der Waals surface area contributed by atoms with E-state index in [4.69, 9.17) is 5.73 Å². The Balaban J connectivity index is -0.000000266. The summed E-state index contributed by atoms with van der Waals surface area (Å²) in [5.74, 6) is 1.09. The molecule has 14 heavy (non-hydrogen) atoms. The molecule has 0 fully saturated rings. The molecule has 0 bridgehead atoms. The lowest BCUT2D eigenvalue weighted by Crippen LogP contribution is -2.24. The molecule has 0 rings (SSSR count). The number of carbonyl (C=O) groups is 2. The fourth-order valence-corrected chi connectivity index (χ4v) is 1.13. The van der Waals surface area contributed by atoms with Crippen molar-refractivity contribution < 1.29 is 9.59 Å². The number of ketones is 1. The fraction of sp³-hybridized carbons (Fsp3) is 0.800. The van der Waals surface area contributed by atoms with Crippen molar-refractivity contribution in [2.75, 3.05) is 11.5 Å². The Hall–Kier alpha value is -0.350. The van der Waals surface area contributed by atoms with Gasteiger partial charge in [-0.2, -0.15) is 11.8 Å². The number of rotatable bonds is 5. The molecule has 0 heterocycles. The minimum absolute atomic E-state index is 0.114. The first-order valence-electron chi connectivity index (χ1n) is 4.95. The van der Waals surface area contributed by atoms with Crippen LogP contribution in [0.1, 0.15) is 34.6 Å². The van der Waals surface area contributed by atoms with Crippen molar-refractivity contribution in [1.82, 2.24) is 0 Å². The van der Waals surface area contributed by atoms with E-state index in [1.165, 1.54) is 18.7 Å². The van der Waals surface area contributed by atoms with Gasteiger partial charge in [-0.15, -0.1) is 0 Å². The summed E-state index contributed by atoms with van der Waals surface area (Å²) in [4.78, 5) is 20.3. The number of nitrogens with two attached hydrogens (primary N) is 1. The molecular formula is C10H23NO2S. The minimum atomic E-state index is -0.427. The third kappa shape index (κ3) is 22.6. The second-order valence-corrected chi connectivity index (χ2v) is 3.05. The van der Waals surface area contributed by atoms with Crippen LogP contribution in [0.2, 0.25) is 0 Å². The summed E-state index contributed by atoms with van der Waals surface area (Å²) in [6.07, 6.45) is 0.688. The maximum atomic E-state index is 10.4. The number of carbonyl (C=O) groups excluding carboxylic acids is 2. The summed E-state index contributed by atoms with van der Waals surface area (Å²) in [6.45, 7) is 9.51. The maximum Gasteiger partial charge on any atom is 0.139 e. The molecule has 0 aromatic heterocycles. The lowest BCUT2D eigenvalue weighted by molar-refractivity contribution is -0.114. The normalized spacial score (nSPS) is 9.86.